The van der Waals surface area contributed by atoms with Crippen LogP contribution in [0.4, 0.5) is 5.69 Å². The van der Waals surface area contributed by atoms with E-state index in [1.807, 2.05) is 48.5 Å². The molecule has 1 amide bonds. The monoisotopic (exact) mass is 498 g/mol. The highest BCUT2D eigenvalue weighted by molar-refractivity contribution is 6.31. The van der Waals surface area contributed by atoms with Gasteiger partial charge >= 0.3 is 5.97 Å². The standard InChI is InChI=1S/C26H24Cl2N2O4/c1-30(15-23(31)32)22(13-16-7-3-2-4-8-16)25-26(33)29-21-12-11-17(27)14-19(21)24(34-25)18-9-5-6-10-20(18)28/h2-12,14,22,24-25H,13,15H2,1H3,(H,29,33)(H,31,32)/t22?,24-,25-/m0/s1. The molecule has 0 radical (unpaired) electrons. The van der Waals surface area contributed by atoms with Crippen LogP contribution in [-0.4, -0.2) is 47.6 Å². The molecule has 34 heavy (non-hydrogen) atoms. The number of nitrogens with zero attached hydrogens (tertiary/aromatic N) is 1. The number of carbonyl (C=O) groups is 2. The largest absolute Gasteiger partial charge is 0.480 e. The summed E-state index contributed by atoms with van der Waals surface area (Å²) in [5, 5.41) is 13.4. The summed E-state index contributed by atoms with van der Waals surface area (Å²) >= 11 is 12.8. The van der Waals surface area contributed by atoms with Crippen molar-refractivity contribution in [2.75, 3.05) is 18.9 Å². The zero-order valence-electron chi connectivity index (χ0n) is 18.4. The van der Waals surface area contributed by atoms with Gasteiger partial charge in [-0.25, -0.2) is 0 Å². The molecular weight excluding hydrogens is 475 g/mol. The van der Waals surface area contributed by atoms with Gasteiger partial charge < -0.3 is 15.2 Å². The van der Waals surface area contributed by atoms with Gasteiger partial charge in [-0.1, -0.05) is 71.7 Å². The summed E-state index contributed by atoms with van der Waals surface area (Å²) in [5.74, 6) is -1.36. The second kappa shape index (κ2) is 10.6. The van der Waals surface area contributed by atoms with E-state index in [2.05, 4.69) is 5.32 Å². The van der Waals surface area contributed by atoms with Crippen molar-refractivity contribution in [2.45, 2.75) is 24.7 Å². The highest BCUT2D eigenvalue weighted by Gasteiger charge is 2.39. The number of nitrogens with one attached hydrogen (secondary N) is 1. The third-order valence-electron chi connectivity index (χ3n) is 5.87. The SMILES string of the molecule is CN(CC(=O)O)C(Cc1ccccc1)[C@@H]1O[C@@H](c2ccccc2Cl)c2cc(Cl)ccc2NC1=O. The summed E-state index contributed by atoms with van der Waals surface area (Å²) in [6.07, 6.45) is -1.27. The Hall–Kier alpha value is -2.90. The Morgan fingerprint density at radius 3 is 2.47 bits per heavy atom. The molecule has 1 aliphatic heterocycles. The van der Waals surface area contributed by atoms with Crippen molar-refractivity contribution in [1.82, 2.24) is 4.90 Å². The zero-order chi connectivity index (χ0) is 24.2. The number of hydrogen-bond acceptors (Lipinski definition) is 4. The molecular formula is C26H24Cl2N2O4. The summed E-state index contributed by atoms with van der Waals surface area (Å²) in [5.41, 5.74) is 2.89. The normalized spacial score (nSPS) is 18.6. The van der Waals surface area contributed by atoms with Crippen LogP contribution in [0.3, 0.4) is 0 Å². The maximum atomic E-state index is 13.5. The Morgan fingerprint density at radius 2 is 1.76 bits per heavy atom. The van der Waals surface area contributed by atoms with E-state index in [-0.39, 0.29) is 12.5 Å². The van der Waals surface area contributed by atoms with Gasteiger partial charge in [-0.2, -0.15) is 0 Å². The molecule has 0 aliphatic carbocycles. The van der Waals surface area contributed by atoms with Crippen LogP contribution in [0.25, 0.3) is 0 Å². The number of carboxylic acid groups (broad SMARTS) is 1. The number of hydrogen-bond donors (Lipinski definition) is 2. The fraction of sp³-hybridized carbons (Fsp3) is 0.231. The molecule has 0 spiro atoms. The summed E-state index contributed by atoms with van der Waals surface area (Å²) < 4.78 is 6.52. The Kier molecular flexibility index (Phi) is 7.54. The minimum absolute atomic E-state index is 0.250. The van der Waals surface area contributed by atoms with Gasteiger partial charge in [0.15, 0.2) is 6.10 Å². The first-order valence-corrected chi connectivity index (χ1v) is 11.5. The summed E-state index contributed by atoms with van der Waals surface area (Å²) in [6, 6.07) is 21.5. The third-order valence-corrected chi connectivity index (χ3v) is 6.45. The van der Waals surface area contributed by atoms with Crippen LogP contribution in [0.2, 0.25) is 10.0 Å². The smallest absolute Gasteiger partial charge is 0.317 e. The van der Waals surface area contributed by atoms with Gasteiger partial charge in [0.25, 0.3) is 5.91 Å². The van der Waals surface area contributed by atoms with E-state index in [1.54, 1.807) is 36.2 Å². The second-order valence-electron chi connectivity index (χ2n) is 8.24. The lowest BCUT2D eigenvalue weighted by Gasteiger charge is -2.34. The number of aliphatic carboxylic acids is 1. The summed E-state index contributed by atoms with van der Waals surface area (Å²) in [4.78, 5) is 26.6. The van der Waals surface area contributed by atoms with E-state index in [1.165, 1.54) is 0 Å². The van der Waals surface area contributed by atoms with E-state index in [9.17, 15) is 14.7 Å². The lowest BCUT2D eigenvalue weighted by Crippen LogP contribution is -2.51. The fourth-order valence-corrected chi connectivity index (χ4v) is 4.64. The molecule has 2 N–H and O–H groups in total. The van der Waals surface area contributed by atoms with E-state index in [0.29, 0.717) is 33.3 Å². The van der Waals surface area contributed by atoms with Crippen molar-refractivity contribution in [3.63, 3.8) is 0 Å². The lowest BCUT2D eigenvalue weighted by atomic mass is 9.98. The highest BCUT2D eigenvalue weighted by atomic mass is 35.5. The van der Waals surface area contributed by atoms with Crippen LogP contribution in [0, 0.1) is 0 Å². The maximum absolute atomic E-state index is 13.5. The van der Waals surface area contributed by atoms with Gasteiger partial charge in [-0.3, -0.25) is 14.5 Å². The van der Waals surface area contributed by atoms with Crippen molar-refractivity contribution in [2.24, 2.45) is 0 Å². The Bertz CT molecular complexity index is 1190. The fourth-order valence-electron chi connectivity index (χ4n) is 4.22. The number of amides is 1. The minimum atomic E-state index is -0.993. The number of anilines is 1. The number of carbonyl (C=O) groups excluding carboxylic acids is 1. The van der Waals surface area contributed by atoms with Crippen LogP contribution >= 0.6 is 23.2 Å². The average molecular weight is 499 g/mol. The van der Waals surface area contributed by atoms with Crippen LogP contribution in [0.15, 0.2) is 72.8 Å². The lowest BCUT2D eigenvalue weighted by molar-refractivity contribution is -0.143. The molecule has 3 aromatic carbocycles. The zero-order valence-corrected chi connectivity index (χ0v) is 20.0. The molecule has 4 rings (SSSR count). The van der Waals surface area contributed by atoms with E-state index in [4.69, 9.17) is 27.9 Å². The van der Waals surface area contributed by atoms with Crippen LogP contribution in [-0.2, 0) is 20.7 Å². The number of fused-ring (bicyclic) bond motifs is 1. The quantitative estimate of drug-likeness (QED) is 0.476. The highest BCUT2D eigenvalue weighted by Crippen LogP contribution is 2.40. The van der Waals surface area contributed by atoms with Crippen LogP contribution in [0.1, 0.15) is 22.8 Å². The van der Waals surface area contributed by atoms with Gasteiger partial charge in [0.2, 0.25) is 0 Å². The van der Waals surface area contributed by atoms with Crippen molar-refractivity contribution in [1.29, 1.82) is 0 Å². The summed E-state index contributed by atoms with van der Waals surface area (Å²) in [7, 11) is 1.68. The van der Waals surface area contributed by atoms with Crippen LogP contribution in [0.5, 0.6) is 0 Å². The minimum Gasteiger partial charge on any atom is -0.480 e. The molecule has 0 bridgehead atoms. The number of benzene rings is 3. The number of ether oxygens (including phenoxy) is 1. The second-order valence-corrected chi connectivity index (χ2v) is 9.09. The predicted molar refractivity (Wildman–Crippen MR) is 132 cm³/mol. The Balaban J connectivity index is 1.79. The van der Waals surface area contributed by atoms with Crippen molar-refractivity contribution < 1.29 is 19.4 Å². The van der Waals surface area contributed by atoms with Crippen LogP contribution < -0.4 is 5.32 Å². The predicted octanol–water partition coefficient (Wildman–Crippen LogP) is 5.05. The van der Waals surface area contributed by atoms with Crippen molar-refractivity contribution in [3.8, 4) is 0 Å². The number of likely N-dealkylation sites (N-methyl/N-ethyl adjacent to an activating group) is 1. The van der Waals surface area contributed by atoms with Crippen molar-refractivity contribution >= 4 is 40.8 Å². The number of rotatable bonds is 7. The molecule has 6 nitrogen and oxygen atoms in total. The first-order valence-electron chi connectivity index (χ1n) is 10.8. The van der Waals surface area contributed by atoms with Gasteiger partial charge in [0.05, 0.1) is 6.54 Å². The molecule has 3 aromatic rings. The van der Waals surface area contributed by atoms with E-state index >= 15 is 0 Å². The molecule has 0 saturated heterocycles. The molecule has 8 heteroatoms. The maximum Gasteiger partial charge on any atom is 0.317 e. The van der Waals surface area contributed by atoms with Gasteiger partial charge in [0.1, 0.15) is 6.10 Å². The van der Waals surface area contributed by atoms with Gasteiger partial charge in [0, 0.05) is 32.9 Å². The number of carboxylic acids is 1. The molecule has 0 aromatic heterocycles. The first kappa shape index (κ1) is 24.2. The number of halogens is 2. The first-order chi connectivity index (χ1) is 16.3. The third kappa shape index (κ3) is 5.42. The van der Waals surface area contributed by atoms with E-state index in [0.717, 1.165) is 5.56 Å². The van der Waals surface area contributed by atoms with Crippen molar-refractivity contribution in [3.05, 3.63) is 99.5 Å². The molecule has 3 atom stereocenters. The molecule has 1 aliphatic rings. The summed E-state index contributed by atoms with van der Waals surface area (Å²) in [6.45, 7) is -0.250. The molecule has 1 unspecified atom stereocenters. The Morgan fingerprint density at radius 1 is 1.06 bits per heavy atom. The van der Waals surface area contributed by atoms with Gasteiger partial charge in [-0.15, -0.1) is 0 Å². The molecule has 1 heterocycles. The molecule has 0 saturated carbocycles. The average Bonchev–Trinajstić information content (AvgIpc) is 2.94. The van der Waals surface area contributed by atoms with Gasteiger partial charge in [-0.05, 0) is 43.3 Å². The Labute approximate surface area is 208 Å². The van der Waals surface area contributed by atoms with E-state index < -0.39 is 24.2 Å². The molecule has 176 valence electrons. The topological polar surface area (TPSA) is 78.9 Å². The molecule has 0 fully saturated rings.